The maximum absolute atomic E-state index is 12.4. The molecular formula is C16H17N5O2S2. The fourth-order valence-corrected chi connectivity index (χ4v) is 4.13. The lowest BCUT2D eigenvalue weighted by Crippen LogP contribution is -2.31. The number of nitrogens with zero attached hydrogens (tertiary/aromatic N) is 3. The minimum Gasteiger partial charge on any atom is -0.355 e. The van der Waals surface area contributed by atoms with Gasteiger partial charge in [0.1, 0.15) is 5.01 Å². The second-order valence-electron chi connectivity index (χ2n) is 5.43. The summed E-state index contributed by atoms with van der Waals surface area (Å²) in [5, 5.41) is 19.6. The molecule has 3 aromatic rings. The third kappa shape index (κ3) is 4.05. The topological polar surface area (TPSA) is 101 Å². The molecule has 0 unspecified atom stereocenters. The number of benzene rings is 1. The van der Waals surface area contributed by atoms with E-state index in [1.807, 2.05) is 19.1 Å². The molecule has 0 aliphatic heterocycles. The highest BCUT2D eigenvalue weighted by molar-refractivity contribution is 8.01. The number of hydrogen-bond acceptors (Lipinski definition) is 7. The normalized spacial score (nSPS) is 12.2. The van der Waals surface area contributed by atoms with Crippen LogP contribution in [0.2, 0.25) is 0 Å². The highest BCUT2D eigenvalue weighted by Gasteiger charge is 2.20. The molecule has 1 amide bonds. The van der Waals surface area contributed by atoms with Crippen molar-refractivity contribution in [3.8, 4) is 0 Å². The van der Waals surface area contributed by atoms with Crippen molar-refractivity contribution in [3.05, 3.63) is 45.3 Å². The van der Waals surface area contributed by atoms with Crippen LogP contribution in [0, 0.1) is 6.92 Å². The predicted octanol–water partition coefficient (Wildman–Crippen LogP) is 2.10. The van der Waals surface area contributed by atoms with Crippen LogP contribution in [0.25, 0.3) is 10.8 Å². The molecular weight excluding hydrogens is 358 g/mol. The van der Waals surface area contributed by atoms with E-state index in [-0.39, 0.29) is 11.5 Å². The van der Waals surface area contributed by atoms with E-state index >= 15 is 0 Å². The van der Waals surface area contributed by atoms with Gasteiger partial charge in [-0.3, -0.25) is 9.59 Å². The molecule has 0 spiro atoms. The van der Waals surface area contributed by atoms with Gasteiger partial charge in [-0.1, -0.05) is 41.3 Å². The monoisotopic (exact) mass is 375 g/mol. The summed E-state index contributed by atoms with van der Waals surface area (Å²) < 4.78 is 0.896. The average Bonchev–Trinajstić information content (AvgIpc) is 3.04. The number of carbonyl (C=O) groups excluding carboxylic acids is 1. The van der Waals surface area contributed by atoms with Gasteiger partial charge in [-0.15, -0.1) is 10.2 Å². The molecule has 9 heteroatoms. The molecule has 1 atom stereocenters. The first-order chi connectivity index (χ1) is 12.1. The van der Waals surface area contributed by atoms with Crippen LogP contribution >= 0.6 is 23.1 Å². The van der Waals surface area contributed by atoms with Crippen molar-refractivity contribution in [3.63, 3.8) is 0 Å². The van der Waals surface area contributed by atoms with E-state index < -0.39 is 5.92 Å². The number of carbonyl (C=O) groups is 1. The Balaban J connectivity index is 1.63. The van der Waals surface area contributed by atoms with Gasteiger partial charge in [0.2, 0.25) is 5.91 Å². The van der Waals surface area contributed by atoms with Crippen molar-refractivity contribution in [1.82, 2.24) is 25.7 Å². The van der Waals surface area contributed by atoms with E-state index in [9.17, 15) is 9.59 Å². The van der Waals surface area contributed by atoms with E-state index in [1.165, 1.54) is 11.3 Å². The molecule has 0 aliphatic rings. The van der Waals surface area contributed by atoms with E-state index in [0.29, 0.717) is 28.8 Å². The van der Waals surface area contributed by atoms with Gasteiger partial charge in [-0.2, -0.15) is 5.10 Å². The Labute approximate surface area is 152 Å². The summed E-state index contributed by atoms with van der Waals surface area (Å²) in [7, 11) is 0. The molecule has 0 saturated carbocycles. The number of thioether (sulfide) groups is 1. The fraction of sp³-hybridized carbons (Fsp3) is 0.312. The number of rotatable bonds is 6. The molecule has 0 fully saturated rings. The molecule has 7 nitrogen and oxygen atoms in total. The summed E-state index contributed by atoms with van der Waals surface area (Å²) in [5.74, 6) is 0.127. The Morgan fingerprint density at radius 2 is 2.08 bits per heavy atom. The van der Waals surface area contributed by atoms with E-state index in [1.54, 1.807) is 30.8 Å². The van der Waals surface area contributed by atoms with Crippen LogP contribution in [0.3, 0.4) is 0 Å². The lowest BCUT2D eigenvalue weighted by Gasteiger charge is -2.13. The summed E-state index contributed by atoms with van der Waals surface area (Å²) in [4.78, 5) is 24.2. The van der Waals surface area contributed by atoms with E-state index in [0.717, 1.165) is 9.35 Å². The molecule has 0 saturated heterocycles. The maximum atomic E-state index is 12.4. The van der Waals surface area contributed by atoms with Gasteiger partial charge in [0.15, 0.2) is 4.34 Å². The molecule has 2 aromatic heterocycles. The van der Waals surface area contributed by atoms with Crippen LogP contribution in [-0.2, 0) is 4.79 Å². The van der Waals surface area contributed by atoms with Crippen molar-refractivity contribution in [2.45, 2.75) is 24.1 Å². The summed E-state index contributed by atoms with van der Waals surface area (Å²) in [5.41, 5.74) is 0.316. The number of aromatic nitrogens is 4. The first-order valence-electron chi connectivity index (χ1n) is 7.74. The number of nitrogens with one attached hydrogen (secondary N) is 2. The largest absolute Gasteiger partial charge is 0.355 e. The fourth-order valence-electron chi connectivity index (χ4n) is 2.39. The molecule has 0 bridgehead atoms. The number of aryl methyl sites for hydroxylation is 1. The molecule has 2 heterocycles. The van der Waals surface area contributed by atoms with Gasteiger partial charge in [-0.25, -0.2) is 5.10 Å². The maximum Gasteiger partial charge on any atom is 0.272 e. The summed E-state index contributed by atoms with van der Waals surface area (Å²) in [6.07, 6.45) is 0. The van der Waals surface area contributed by atoms with Crippen molar-refractivity contribution in [1.29, 1.82) is 0 Å². The van der Waals surface area contributed by atoms with E-state index in [4.69, 9.17) is 0 Å². The lowest BCUT2D eigenvalue weighted by molar-refractivity contribution is -0.122. The van der Waals surface area contributed by atoms with Crippen LogP contribution in [0.1, 0.15) is 23.5 Å². The number of hydrogen-bond donors (Lipinski definition) is 2. The number of amides is 1. The van der Waals surface area contributed by atoms with Crippen molar-refractivity contribution in [2.24, 2.45) is 0 Å². The standard InChI is InChI=1S/C16H17N5O2S2/c1-9(13-11-5-3-4-6-12(11)15(23)20-19-13)14(22)17-7-8-24-16-21-18-10(2)25-16/h3-6,9H,7-8H2,1-2H3,(H,17,22)(H,20,23)/t9-/m1/s1. The van der Waals surface area contributed by atoms with Gasteiger partial charge < -0.3 is 5.32 Å². The van der Waals surface area contributed by atoms with Crippen LogP contribution in [0.5, 0.6) is 0 Å². The summed E-state index contributed by atoms with van der Waals surface area (Å²) in [6, 6.07) is 7.16. The van der Waals surface area contributed by atoms with Crippen molar-refractivity contribution in [2.75, 3.05) is 12.3 Å². The van der Waals surface area contributed by atoms with Gasteiger partial charge in [0.05, 0.1) is 17.0 Å². The number of aromatic amines is 1. The minimum absolute atomic E-state index is 0.126. The first-order valence-corrected chi connectivity index (χ1v) is 9.54. The van der Waals surface area contributed by atoms with Gasteiger partial charge in [0, 0.05) is 17.7 Å². The predicted molar refractivity (Wildman–Crippen MR) is 99.2 cm³/mol. The second-order valence-corrected chi connectivity index (χ2v) is 7.96. The highest BCUT2D eigenvalue weighted by Crippen LogP contribution is 2.22. The van der Waals surface area contributed by atoms with Gasteiger partial charge in [-0.05, 0) is 19.9 Å². The third-order valence-corrected chi connectivity index (χ3v) is 5.64. The minimum atomic E-state index is -0.462. The Kier molecular flexibility index (Phi) is 5.44. The number of H-pyrrole nitrogens is 1. The third-order valence-electron chi connectivity index (χ3n) is 3.66. The van der Waals surface area contributed by atoms with Gasteiger partial charge >= 0.3 is 0 Å². The zero-order chi connectivity index (χ0) is 17.8. The quantitative estimate of drug-likeness (QED) is 0.505. The Morgan fingerprint density at radius 1 is 1.32 bits per heavy atom. The molecule has 0 radical (unpaired) electrons. The van der Waals surface area contributed by atoms with Crippen LogP contribution < -0.4 is 10.9 Å². The summed E-state index contributed by atoms with van der Waals surface area (Å²) in [6.45, 7) is 4.21. The highest BCUT2D eigenvalue weighted by atomic mass is 32.2. The summed E-state index contributed by atoms with van der Waals surface area (Å²) >= 11 is 3.10. The Morgan fingerprint density at radius 3 is 2.80 bits per heavy atom. The van der Waals surface area contributed by atoms with E-state index in [2.05, 4.69) is 25.7 Å². The number of fused-ring (bicyclic) bond motifs is 1. The zero-order valence-electron chi connectivity index (χ0n) is 13.8. The molecule has 3 rings (SSSR count). The van der Waals surface area contributed by atoms with Gasteiger partial charge in [0.25, 0.3) is 5.56 Å². The van der Waals surface area contributed by atoms with Crippen molar-refractivity contribution < 1.29 is 4.79 Å². The Hall–Kier alpha value is -2.26. The smallest absolute Gasteiger partial charge is 0.272 e. The van der Waals surface area contributed by atoms with Crippen LogP contribution in [0.15, 0.2) is 33.4 Å². The molecule has 0 aliphatic carbocycles. The van der Waals surface area contributed by atoms with Crippen LogP contribution in [0.4, 0.5) is 0 Å². The second kappa shape index (κ2) is 7.75. The Bertz CT molecular complexity index is 953. The average molecular weight is 375 g/mol. The lowest BCUT2D eigenvalue weighted by atomic mass is 10.0. The molecule has 1 aromatic carbocycles. The molecule has 2 N–H and O–H groups in total. The van der Waals surface area contributed by atoms with Crippen molar-refractivity contribution >= 4 is 39.8 Å². The van der Waals surface area contributed by atoms with Crippen LogP contribution in [-0.4, -0.2) is 38.6 Å². The molecule has 25 heavy (non-hydrogen) atoms. The molecule has 130 valence electrons. The first kappa shape index (κ1) is 17.6. The zero-order valence-corrected chi connectivity index (χ0v) is 15.4. The SMILES string of the molecule is Cc1nnc(SCCNC(=O)[C@H](C)c2n[nH]c(=O)c3ccccc23)s1.